The maximum atomic E-state index is 11.7. The van der Waals surface area contributed by atoms with Crippen LogP contribution in [0.1, 0.15) is 5.56 Å². The smallest absolute Gasteiger partial charge is 0.224 e. The average molecular weight is 342 g/mol. The monoisotopic (exact) mass is 340 g/mol. The number of carbonyl (C=O) groups excluding carboxylic acids is 1. The van der Waals surface area contributed by atoms with Gasteiger partial charge in [0.1, 0.15) is 0 Å². The number of rotatable bonds is 8. The number of hydrogen-bond acceptors (Lipinski definition) is 3. The minimum absolute atomic E-state index is 0. The van der Waals surface area contributed by atoms with Crippen molar-refractivity contribution in [3.8, 4) is 0 Å². The van der Waals surface area contributed by atoms with Crippen molar-refractivity contribution >= 4 is 41.5 Å². The highest BCUT2D eigenvalue weighted by Gasteiger charge is 2.05. The second kappa shape index (κ2) is 11.2. The van der Waals surface area contributed by atoms with Crippen LogP contribution in [0.5, 0.6) is 0 Å². The lowest BCUT2D eigenvalue weighted by atomic mass is 10.1. The third-order valence-electron chi connectivity index (χ3n) is 2.46. The zero-order valence-electron chi connectivity index (χ0n) is 11.2. The van der Waals surface area contributed by atoms with Gasteiger partial charge in [-0.3, -0.25) is 4.79 Å². The van der Waals surface area contributed by atoms with Crippen LogP contribution in [-0.4, -0.2) is 39.3 Å². The van der Waals surface area contributed by atoms with Crippen molar-refractivity contribution in [1.29, 1.82) is 0 Å². The summed E-state index contributed by atoms with van der Waals surface area (Å²) in [5.74, 6) is -0.0352. The largest absolute Gasteiger partial charge is 0.383 e. The molecule has 0 heterocycles. The van der Waals surface area contributed by atoms with E-state index >= 15 is 0 Å². The molecule has 114 valence electrons. The summed E-state index contributed by atoms with van der Waals surface area (Å²) in [5, 5.41) is 6.93. The Kier molecular flexibility index (Phi) is 10.9. The van der Waals surface area contributed by atoms with E-state index in [1.807, 2.05) is 0 Å². The van der Waals surface area contributed by atoms with Gasteiger partial charge in [-0.05, 0) is 17.7 Å². The molecule has 1 amide bonds. The second-order valence-electron chi connectivity index (χ2n) is 4.02. The highest BCUT2D eigenvalue weighted by Crippen LogP contribution is 2.22. The number of benzene rings is 1. The third-order valence-corrected chi connectivity index (χ3v) is 3.19. The van der Waals surface area contributed by atoms with E-state index in [4.69, 9.17) is 27.9 Å². The van der Waals surface area contributed by atoms with E-state index in [1.54, 1.807) is 25.3 Å². The van der Waals surface area contributed by atoms with Crippen LogP contribution >= 0.6 is 35.6 Å². The summed E-state index contributed by atoms with van der Waals surface area (Å²) in [6.45, 7) is 2.75. The molecule has 0 saturated carbocycles. The fourth-order valence-electron chi connectivity index (χ4n) is 1.49. The van der Waals surface area contributed by atoms with Crippen LogP contribution in [0.3, 0.4) is 0 Å². The molecule has 0 fully saturated rings. The fraction of sp³-hybridized carbons (Fsp3) is 0.462. The standard InChI is InChI=1S/C13H18Cl2N2O2.ClH/c1-19-7-6-16-4-5-17-13(18)9-10-2-3-11(14)12(15)8-10;/h2-3,8,16H,4-7,9H2,1H3,(H,17,18);1H. The van der Waals surface area contributed by atoms with Crippen LogP contribution in [-0.2, 0) is 16.0 Å². The zero-order valence-corrected chi connectivity index (χ0v) is 13.6. The quantitative estimate of drug-likeness (QED) is 0.713. The minimum atomic E-state index is -0.0352. The van der Waals surface area contributed by atoms with Crippen LogP contribution in [0.25, 0.3) is 0 Å². The summed E-state index contributed by atoms with van der Waals surface area (Å²) in [4.78, 5) is 11.7. The van der Waals surface area contributed by atoms with Gasteiger partial charge >= 0.3 is 0 Å². The number of nitrogens with one attached hydrogen (secondary N) is 2. The van der Waals surface area contributed by atoms with Crippen molar-refractivity contribution in [2.24, 2.45) is 0 Å². The van der Waals surface area contributed by atoms with Crippen LogP contribution in [0.4, 0.5) is 0 Å². The van der Waals surface area contributed by atoms with E-state index in [9.17, 15) is 4.79 Å². The molecule has 0 unspecified atom stereocenters. The third kappa shape index (κ3) is 7.92. The number of carbonyl (C=O) groups is 1. The topological polar surface area (TPSA) is 50.4 Å². The lowest BCUT2D eigenvalue weighted by Crippen LogP contribution is -2.33. The first-order valence-electron chi connectivity index (χ1n) is 6.03. The summed E-state index contributed by atoms with van der Waals surface area (Å²) >= 11 is 11.7. The first kappa shape index (κ1) is 19.5. The number of methoxy groups -OCH3 is 1. The number of amides is 1. The predicted octanol–water partition coefficient (Wildman–Crippen LogP) is 2.31. The number of ether oxygens (including phenoxy) is 1. The number of hydrogen-bond donors (Lipinski definition) is 2. The SMILES string of the molecule is COCCNCCNC(=O)Cc1ccc(Cl)c(Cl)c1.Cl. The number of halogens is 3. The highest BCUT2D eigenvalue weighted by molar-refractivity contribution is 6.42. The minimum Gasteiger partial charge on any atom is -0.383 e. The van der Waals surface area contributed by atoms with Gasteiger partial charge in [-0.15, -0.1) is 12.4 Å². The molecule has 4 nitrogen and oxygen atoms in total. The molecular formula is C13H19Cl3N2O2. The molecular weight excluding hydrogens is 323 g/mol. The zero-order chi connectivity index (χ0) is 14.1. The van der Waals surface area contributed by atoms with Gasteiger partial charge in [-0.1, -0.05) is 29.3 Å². The molecule has 0 aliphatic carbocycles. The van der Waals surface area contributed by atoms with Gasteiger partial charge in [0.25, 0.3) is 0 Å². The maximum Gasteiger partial charge on any atom is 0.224 e. The first-order chi connectivity index (χ1) is 9.13. The molecule has 0 aromatic heterocycles. The van der Waals surface area contributed by atoms with Gasteiger partial charge in [0.2, 0.25) is 5.91 Å². The van der Waals surface area contributed by atoms with E-state index < -0.39 is 0 Å². The maximum absolute atomic E-state index is 11.7. The van der Waals surface area contributed by atoms with Gasteiger partial charge in [0.05, 0.1) is 23.1 Å². The van der Waals surface area contributed by atoms with E-state index in [2.05, 4.69) is 10.6 Å². The molecule has 1 aromatic rings. The molecule has 0 radical (unpaired) electrons. The Bertz CT molecular complexity index is 417. The summed E-state index contributed by atoms with van der Waals surface area (Å²) in [5.41, 5.74) is 0.847. The summed E-state index contributed by atoms with van der Waals surface area (Å²) in [7, 11) is 1.65. The molecule has 0 aliphatic heterocycles. The highest BCUT2D eigenvalue weighted by atomic mass is 35.5. The van der Waals surface area contributed by atoms with Crippen LogP contribution in [0.2, 0.25) is 10.0 Å². The van der Waals surface area contributed by atoms with Gasteiger partial charge in [0, 0.05) is 26.7 Å². The molecule has 0 aliphatic rings. The Morgan fingerprint density at radius 2 is 1.95 bits per heavy atom. The van der Waals surface area contributed by atoms with E-state index in [1.165, 1.54) is 0 Å². The van der Waals surface area contributed by atoms with Crippen molar-refractivity contribution in [2.75, 3.05) is 33.4 Å². The summed E-state index contributed by atoms with van der Waals surface area (Å²) in [6.07, 6.45) is 0.301. The van der Waals surface area contributed by atoms with E-state index in [0.717, 1.165) is 18.7 Å². The molecule has 1 aromatic carbocycles. The van der Waals surface area contributed by atoms with Gasteiger partial charge in [-0.25, -0.2) is 0 Å². The van der Waals surface area contributed by atoms with Crippen molar-refractivity contribution < 1.29 is 9.53 Å². The van der Waals surface area contributed by atoms with Crippen molar-refractivity contribution in [3.63, 3.8) is 0 Å². The lowest BCUT2D eigenvalue weighted by molar-refractivity contribution is -0.120. The average Bonchev–Trinajstić information content (AvgIpc) is 2.38. The summed E-state index contributed by atoms with van der Waals surface area (Å²) in [6, 6.07) is 5.20. The van der Waals surface area contributed by atoms with E-state index in [0.29, 0.717) is 29.6 Å². The first-order valence-corrected chi connectivity index (χ1v) is 6.79. The Morgan fingerprint density at radius 1 is 1.20 bits per heavy atom. The molecule has 0 saturated heterocycles. The van der Waals surface area contributed by atoms with Gasteiger partial charge in [-0.2, -0.15) is 0 Å². The normalized spacial score (nSPS) is 9.95. The Hall–Kier alpha value is -0.520. The molecule has 20 heavy (non-hydrogen) atoms. The molecule has 7 heteroatoms. The van der Waals surface area contributed by atoms with Crippen molar-refractivity contribution in [1.82, 2.24) is 10.6 Å². The van der Waals surface area contributed by atoms with Crippen LogP contribution < -0.4 is 10.6 Å². The molecule has 0 atom stereocenters. The summed E-state index contributed by atoms with van der Waals surface area (Å²) < 4.78 is 4.90. The van der Waals surface area contributed by atoms with Gasteiger partial charge < -0.3 is 15.4 Å². The molecule has 1 rings (SSSR count). The van der Waals surface area contributed by atoms with Crippen LogP contribution in [0, 0.1) is 0 Å². The van der Waals surface area contributed by atoms with E-state index in [-0.39, 0.29) is 18.3 Å². The molecule has 2 N–H and O–H groups in total. The van der Waals surface area contributed by atoms with Crippen molar-refractivity contribution in [2.45, 2.75) is 6.42 Å². The molecule has 0 spiro atoms. The Balaban J connectivity index is 0.00000361. The lowest BCUT2D eigenvalue weighted by Gasteiger charge is -2.07. The van der Waals surface area contributed by atoms with Crippen LogP contribution in [0.15, 0.2) is 18.2 Å². The van der Waals surface area contributed by atoms with Gasteiger partial charge in [0.15, 0.2) is 0 Å². The van der Waals surface area contributed by atoms with Crippen molar-refractivity contribution in [3.05, 3.63) is 33.8 Å². The Labute approximate surface area is 135 Å². The molecule has 0 bridgehead atoms. The fourth-order valence-corrected chi connectivity index (χ4v) is 1.81. The second-order valence-corrected chi connectivity index (χ2v) is 4.83. The Morgan fingerprint density at radius 3 is 2.60 bits per heavy atom. The predicted molar refractivity (Wildman–Crippen MR) is 85.2 cm³/mol.